The topological polar surface area (TPSA) is 42.8 Å². The van der Waals surface area contributed by atoms with Crippen LogP contribution in [-0.4, -0.2) is 72.3 Å². The molecule has 26 heavy (non-hydrogen) atoms. The number of rotatable bonds is 3. The summed E-state index contributed by atoms with van der Waals surface area (Å²) in [4.78, 5) is 12.2. The van der Waals surface area contributed by atoms with Crippen molar-refractivity contribution in [3.63, 3.8) is 0 Å². The summed E-state index contributed by atoms with van der Waals surface area (Å²) >= 11 is 0. The minimum absolute atomic E-state index is 0.240. The van der Waals surface area contributed by atoms with Gasteiger partial charge in [0.1, 0.15) is 5.82 Å². The molecule has 1 N–H and O–H groups in total. The van der Waals surface area contributed by atoms with Gasteiger partial charge in [-0.3, -0.25) is 4.90 Å². The average molecular weight is 354 g/mol. The van der Waals surface area contributed by atoms with Gasteiger partial charge in [-0.05, 0) is 45.0 Å². The standard InChI is InChI=1S/C21H30N4O/c1-16-5-6-20-17(12-16)13-18(14-24-10-8-23(2)9-11-24)21(22-20)25-7-3-4-19(26)15-25/h5-6,12-13,19,26H,3-4,7-11,14-15H2,1-2H3/t19-/m0/s1. The lowest BCUT2D eigenvalue weighted by molar-refractivity contribution is 0.146. The fourth-order valence-electron chi connectivity index (χ4n) is 4.11. The lowest BCUT2D eigenvalue weighted by atomic mass is 10.0. The summed E-state index contributed by atoms with van der Waals surface area (Å²) in [7, 11) is 2.19. The van der Waals surface area contributed by atoms with Gasteiger partial charge in [-0.25, -0.2) is 4.98 Å². The average Bonchev–Trinajstić information content (AvgIpc) is 2.63. The maximum atomic E-state index is 10.1. The van der Waals surface area contributed by atoms with E-state index in [0.717, 1.165) is 63.4 Å². The molecule has 140 valence electrons. The summed E-state index contributed by atoms with van der Waals surface area (Å²) in [6.07, 6.45) is 1.69. The first-order valence-corrected chi connectivity index (χ1v) is 9.83. The van der Waals surface area contributed by atoms with Crippen LogP contribution in [0.1, 0.15) is 24.0 Å². The molecule has 1 aromatic carbocycles. The Labute approximate surface area is 156 Å². The molecule has 5 heteroatoms. The van der Waals surface area contributed by atoms with Gasteiger partial charge in [-0.2, -0.15) is 0 Å². The Morgan fingerprint density at radius 2 is 1.92 bits per heavy atom. The number of hydrogen-bond donors (Lipinski definition) is 1. The van der Waals surface area contributed by atoms with Crippen LogP contribution in [0.25, 0.3) is 10.9 Å². The van der Waals surface area contributed by atoms with Gasteiger partial charge >= 0.3 is 0 Å². The smallest absolute Gasteiger partial charge is 0.133 e. The summed E-state index contributed by atoms with van der Waals surface area (Å²) in [5, 5.41) is 11.4. The van der Waals surface area contributed by atoms with Crippen LogP contribution in [-0.2, 0) is 6.54 Å². The van der Waals surface area contributed by atoms with E-state index in [1.807, 2.05) is 0 Å². The van der Waals surface area contributed by atoms with Crippen molar-refractivity contribution in [1.82, 2.24) is 14.8 Å². The molecule has 0 bridgehead atoms. The van der Waals surface area contributed by atoms with E-state index in [2.05, 4.69) is 52.9 Å². The summed E-state index contributed by atoms with van der Waals surface area (Å²) in [5.41, 5.74) is 3.61. The molecular weight excluding hydrogens is 324 g/mol. The number of pyridine rings is 1. The van der Waals surface area contributed by atoms with Crippen molar-refractivity contribution in [2.75, 3.05) is 51.2 Å². The molecule has 0 radical (unpaired) electrons. The molecule has 2 aliphatic rings. The molecule has 4 rings (SSSR count). The van der Waals surface area contributed by atoms with Crippen LogP contribution in [0.4, 0.5) is 5.82 Å². The Balaban J connectivity index is 1.68. The Hall–Kier alpha value is -1.69. The molecule has 2 fully saturated rings. The third-order valence-corrected chi connectivity index (χ3v) is 5.71. The quantitative estimate of drug-likeness (QED) is 0.916. The van der Waals surface area contributed by atoms with Crippen LogP contribution in [0, 0.1) is 6.92 Å². The van der Waals surface area contributed by atoms with Crippen molar-refractivity contribution < 1.29 is 5.11 Å². The molecule has 2 aliphatic heterocycles. The van der Waals surface area contributed by atoms with Crippen molar-refractivity contribution in [3.05, 3.63) is 35.4 Å². The lowest BCUT2D eigenvalue weighted by Gasteiger charge is -2.35. The fourth-order valence-corrected chi connectivity index (χ4v) is 4.11. The Bertz CT molecular complexity index is 770. The van der Waals surface area contributed by atoms with E-state index in [0.29, 0.717) is 6.54 Å². The first kappa shape index (κ1) is 17.7. The Kier molecular flexibility index (Phi) is 5.11. The highest BCUT2D eigenvalue weighted by atomic mass is 16.3. The number of β-amino-alcohol motifs (C(OH)–C–C–N with tert-alkyl or cyclic N) is 1. The van der Waals surface area contributed by atoms with Gasteiger partial charge in [0.05, 0.1) is 11.6 Å². The minimum Gasteiger partial charge on any atom is -0.391 e. The number of aryl methyl sites for hydroxylation is 1. The number of aliphatic hydroxyl groups excluding tert-OH is 1. The molecule has 1 aromatic heterocycles. The van der Waals surface area contributed by atoms with E-state index in [-0.39, 0.29) is 6.10 Å². The number of aliphatic hydroxyl groups is 1. The molecular formula is C21H30N4O. The third-order valence-electron chi connectivity index (χ3n) is 5.71. The number of piperazine rings is 1. The highest BCUT2D eigenvalue weighted by Gasteiger charge is 2.23. The number of nitrogens with zero attached hydrogens (tertiary/aromatic N) is 4. The monoisotopic (exact) mass is 354 g/mol. The third kappa shape index (κ3) is 3.85. The molecule has 3 heterocycles. The van der Waals surface area contributed by atoms with E-state index in [9.17, 15) is 5.11 Å². The second-order valence-corrected chi connectivity index (χ2v) is 7.99. The predicted molar refractivity (Wildman–Crippen MR) is 107 cm³/mol. The second-order valence-electron chi connectivity index (χ2n) is 7.99. The zero-order chi connectivity index (χ0) is 18.1. The van der Waals surface area contributed by atoms with E-state index in [4.69, 9.17) is 4.98 Å². The Morgan fingerprint density at radius 1 is 1.12 bits per heavy atom. The summed E-state index contributed by atoms with van der Waals surface area (Å²) in [5.74, 6) is 1.07. The van der Waals surface area contributed by atoms with Crippen molar-refractivity contribution in [2.45, 2.75) is 32.4 Å². The van der Waals surface area contributed by atoms with Crippen LogP contribution in [0.15, 0.2) is 24.3 Å². The zero-order valence-electron chi connectivity index (χ0n) is 16.0. The maximum Gasteiger partial charge on any atom is 0.133 e. The van der Waals surface area contributed by atoms with Crippen molar-refractivity contribution in [2.24, 2.45) is 0 Å². The van der Waals surface area contributed by atoms with Gasteiger partial charge in [-0.15, -0.1) is 0 Å². The first-order valence-electron chi connectivity index (χ1n) is 9.83. The number of fused-ring (bicyclic) bond motifs is 1. The van der Waals surface area contributed by atoms with Gasteiger partial charge < -0.3 is 14.9 Å². The minimum atomic E-state index is -0.240. The molecule has 0 unspecified atom stereocenters. The predicted octanol–water partition coefficient (Wildman–Crippen LogP) is 2.25. The van der Waals surface area contributed by atoms with Crippen LogP contribution in [0.3, 0.4) is 0 Å². The number of benzene rings is 1. The molecule has 0 amide bonds. The molecule has 1 atom stereocenters. The maximum absolute atomic E-state index is 10.1. The van der Waals surface area contributed by atoms with Crippen LogP contribution >= 0.6 is 0 Å². The molecule has 5 nitrogen and oxygen atoms in total. The molecule has 0 aliphatic carbocycles. The van der Waals surface area contributed by atoms with Gasteiger partial charge in [-0.1, -0.05) is 11.6 Å². The fraction of sp³-hybridized carbons (Fsp3) is 0.571. The first-order chi connectivity index (χ1) is 12.6. The van der Waals surface area contributed by atoms with Gasteiger partial charge in [0.25, 0.3) is 0 Å². The van der Waals surface area contributed by atoms with Crippen LogP contribution < -0.4 is 4.90 Å². The SMILES string of the molecule is Cc1ccc2nc(N3CCC[C@H](O)C3)c(CN3CCN(C)CC3)cc2c1. The molecule has 2 saturated heterocycles. The van der Waals surface area contributed by atoms with Crippen molar-refractivity contribution in [1.29, 1.82) is 0 Å². The normalized spacial score (nSPS) is 22.9. The van der Waals surface area contributed by atoms with E-state index in [1.54, 1.807) is 0 Å². The van der Waals surface area contributed by atoms with Gasteiger partial charge in [0.15, 0.2) is 0 Å². The van der Waals surface area contributed by atoms with Crippen molar-refractivity contribution in [3.8, 4) is 0 Å². The lowest BCUT2D eigenvalue weighted by Crippen LogP contribution is -2.44. The molecule has 0 spiro atoms. The van der Waals surface area contributed by atoms with E-state index >= 15 is 0 Å². The van der Waals surface area contributed by atoms with Crippen LogP contribution in [0.5, 0.6) is 0 Å². The van der Waals surface area contributed by atoms with Gasteiger partial charge in [0, 0.05) is 56.8 Å². The number of aromatic nitrogens is 1. The highest BCUT2D eigenvalue weighted by molar-refractivity contribution is 5.82. The summed E-state index contributed by atoms with van der Waals surface area (Å²) in [6, 6.07) is 8.80. The Morgan fingerprint density at radius 3 is 2.69 bits per heavy atom. The zero-order valence-corrected chi connectivity index (χ0v) is 16.0. The van der Waals surface area contributed by atoms with E-state index in [1.165, 1.54) is 16.5 Å². The highest BCUT2D eigenvalue weighted by Crippen LogP contribution is 2.28. The largest absolute Gasteiger partial charge is 0.391 e. The summed E-state index contributed by atoms with van der Waals surface area (Å²) in [6.45, 7) is 9.20. The number of likely N-dealkylation sites (N-methyl/N-ethyl adjacent to an activating group) is 1. The van der Waals surface area contributed by atoms with E-state index < -0.39 is 0 Å². The second kappa shape index (κ2) is 7.51. The number of hydrogen-bond acceptors (Lipinski definition) is 5. The molecule has 2 aromatic rings. The van der Waals surface area contributed by atoms with Crippen LogP contribution in [0.2, 0.25) is 0 Å². The number of piperidine rings is 1. The summed E-state index contributed by atoms with van der Waals surface area (Å²) < 4.78 is 0. The van der Waals surface area contributed by atoms with Gasteiger partial charge in [0.2, 0.25) is 0 Å². The number of anilines is 1. The molecule has 0 saturated carbocycles. The van der Waals surface area contributed by atoms with Crippen molar-refractivity contribution >= 4 is 16.7 Å².